The maximum absolute atomic E-state index is 12.9. The van der Waals surface area contributed by atoms with Crippen molar-refractivity contribution in [2.75, 3.05) is 26.6 Å². The molecule has 172 valence electrons. The van der Waals surface area contributed by atoms with E-state index in [1.54, 1.807) is 88.1 Å². The second kappa shape index (κ2) is 10.4. The van der Waals surface area contributed by atoms with E-state index in [0.29, 0.717) is 40.1 Å². The van der Waals surface area contributed by atoms with Gasteiger partial charge in [-0.2, -0.15) is 0 Å². The molecule has 0 aliphatic heterocycles. The summed E-state index contributed by atoms with van der Waals surface area (Å²) in [6.07, 6.45) is 1.42. The van der Waals surface area contributed by atoms with Crippen LogP contribution in [0.1, 0.15) is 10.4 Å². The Labute approximate surface area is 197 Å². The SMILES string of the molecule is COc1ccc(Oc2cc(-c3cccc(C(=O)Nc4ccc(OC)c(OC)c4)c3)ncn2)cc1. The van der Waals surface area contributed by atoms with Gasteiger partial charge in [0, 0.05) is 28.9 Å². The number of nitrogens with one attached hydrogen (secondary N) is 1. The lowest BCUT2D eigenvalue weighted by Gasteiger charge is -2.11. The highest BCUT2D eigenvalue weighted by Gasteiger charge is 2.12. The number of benzene rings is 3. The van der Waals surface area contributed by atoms with Crippen molar-refractivity contribution >= 4 is 11.6 Å². The van der Waals surface area contributed by atoms with Gasteiger partial charge in [0.15, 0.2) is 11.5 Å². The summed E-state index contributed by atoms with van der Waals surface area (Å²) >= 11 is 0. The fourth-order valence-electron chi connectivity index (χ4n) is 3.25. The number of hydrogen-bond donors (Lipinski definition) is 1. The number of rotatable bonds is 8. The lowest BCUT2D eigenvalue weighted by atomic mass is 10.1. The quantitative estimate of drug-likeness (QED) is 0.388. The van der Waals surface area contributed by atoms with E-state index >= 15 is 0 Å². The first-order valence-electron chi connectivity index (χ1n) is 10.4. The highest BCUT2D eigenvalue weighted by atomic mass is 16.5. The Kier molecular flexibility index (Phi) is 6.88. The van der Waals surface area contributed by atoms with Crippen molar-refractivity contribution in [2.45, 2.75) is 0 Å². The molecule has 1 aromatic heterocycles. The number of anilines is 1. The van der Waals surface area contributed by atoms with E-state index in [1.165, 1.54) is 6.33 Å². The molecule has 0 bridgehead atoms. The Bertz CT molecular complexity index is 1290. The topological polar surface area (TPSA) is 91.8 Å². The van der Waals surface area contributed by atoms with Gasteiger partial charge in [-0.3, -0.25) is 4.79 Å². The van der Waals surface area contributed by atoms with Gasteiger partial charge in [-0.25, -0.2) is 9.97 Å². The van der Waals surface area contributed by atoms with Crippen LogP contribution >= 0.6 is 0 Å². The first-order valence-corrected chi connectivity index (χ1v) is 10.4. The predicted octanol–water partition coefficient (Wildman–Crippen LogP) is 5.21. The number of carbonyl (C=O) groups excluding carboxylic acids is 1. The van der Waals surface area contributed by atoms with Crippen molar-refractivity contribution in [3.8, 4) is 40.1 Å². The predicted molar refractivity (Wildman–Crippen MR) is 128 cm³/mol. The molecule has 1 amide bonds. The number of amides is 1. The molecular formula is C26H23N3O5. The lowest BCUT2D eigenvalue weighted by molar-refractivity contribution is 0.102. The summed E-state index contributed by atoms with van der Waals surface area (Å²) in [5.74, 6) is 2.58. The summed E-state index contributed by atoms with van der Waals surface area (Å²) in [6, 6.07) is 21.2. The molecule has 4 rings (SSSR count). The Morgan fingerprint density at radius 1 is 0.765 bits per heavy atom. The minimum atomic E-state index is -0.266. The molecule has 8 heteroatoms. The van der Waals surface area contributed by atoms with E-state index in [-0.39, 0.29) is 5.91 Å². The molecule has 0 spiro atoms. The number of methoxy groups -OCH3 is 3. The number of hydrogen-bond acceptors (Lipinski definition) is 7. The molecule has 0 fully saturated rings. The van der Waals surface area contributed by atoms with Crippen LogP contribution in [-0.4, -0.2) is 37.2 Å². The van der Waals surface area contributed by atoms with Crippen LogP contribution in [0.2, 0.25) is 0 Å². The van der Waals surface area contributed by atoms with Gasteiger partial charge in [0.2, 0.25) is 5.88 Å². The monoisotopic (exact) mass is 457 g/mol. The van der Waals surface area contributed by atoms with Gasteiger partial charge in [0.05, 0.1) is 27.0 Å². The molecule has 0 atom stereocenters. The van der Waals surface area contributed by atoms with Crippen LogP contribution in [0.15, 0.2) is 79.1 Å². The van der Waals surface area contributed by atoms with Gasteiger partial charge >= 0.3 is 0 Å². The van der Waals surface area contributed by atoms with Gasteiger partial charge in [-0.15, -0.1) is 0 Å². The van der Waals surface area contributed by atoms with Crippen LogP contribution < -0.4 is 24.3 Å². The van der Waals surface area contributed by atoms with Gasteiger partial charge in [0.1, 0.15) is 17.8 Å². The van der Waals surface area contributed by atoms with Gasteiger partial charge in [-0.05, 0) is 48.5 Å². The summed E-state index contributed by atoms with van der Waals surface area (Å²) < 4.78 is 21.5. The molecule has 4 aromatic rings. The fourth-order valence-corrected chi connectivity index (χ4v) is 3.25. The van der Waals surface area contributed by atoms with E-state index in [1.807, 2.05) is 6.07 Å². The summed E-state index contributed by atoms with van der Waals surface area (Å²) in [5, 5.41) is 2.87. The number of ether oxygens (including phenoxy) is 4. The third-order valence-corrected chi connectivity index (χ3v) is 4.99. The molecular weight excluding hydrogens is 434 g/mol. The molecule has 3 aromatic carbocycles. The van der Waals surface area contributed by atoms with E-state index < -0.39 is 0 Å². The van der Waals surface area contributed by atoms with Crippen LogP contribution in [0.4, 0.5) is 5.69 Å². The number of carbonyl (C=O) groups is 1. The maximum Gasteiger partial charge on any atom is 0.255 e. The zero-order valence-corrected chi connectivity index (χ0v) is 18.9. The van der Waals surface area contributed by atoms with Crippen molar-refractivity contribution in [3.63, 3.8) is 0 Å². The van der Waals surface area contributed by atoms with E-state index in [0.717, 1.165) is 11.3 Å². The molecule has 1 N–H and O–H groups in total. The molecule has 0 aliphatic carbocycles. The molecule has 8 nitrogen and oxygen atoms in total. The Morgan fingerprint density at radius 3 is 2.26 bits per heavy atom. The van der Waals surface area contributed by atoms with Crippen molar-refractivity contribution in [3.05, 3.63) is 84.7 Å². The van der Waals surface area contributed by atoms with Crippen molar-refractivity contribution in [1.82, 2.24) is 9.97 Å². The number of aromatic nitrogens is 2. The van der Waals surface area contributed by atoms with Gasteiger partial charge in [-0.1, -0.05) is 12.1 Å². The average Bonchev–Trinajstić information content (AvgIpc) is 2.89. The standard InChI is InChI=1S/C26H23N3O5/c1-31-20-8-10-21(11-9-20)34-25-15-22(27-16-28-25)17-5-4-6-18(13-17)26(30)29-19-7-12-23(32-2)24(14-19)33-3/h4-16H,1-3H3,(H,29,30). The van der Waals surface area contributed by atoms with Crippen molar-refractivity contribution in [2.24, 2.45) is 0 Å². The fraction of sp³-hybridized carbons (Fsp3) is 0.115. The van der Waals surface area contributed by atoms with Crippen LogP contribution in [0.5, 0.6) is 28.9 Å². The first-order chi connectivity index (χ1) is 16.6. The zero-order valence-electron chi connectivity index (χ0n) is 18.9. The molecule has 0 aliphatic rings. The van der Waals surface area contributed by atoms with Crippen molar-refractivity contribution < 1.29 is 23.7 Å². The second-order valence-electron chi connectivity index (χ2n) is 7.12. The third kappa shape index (κ3) is 5.24. The average molecular weight is 457 g/mol. The van der Waals surface area contributed by atoms with Crippen LogP contribution in [0.3, 0.4) is 0 Å². The lowest BCUT2D eigenvalue weighted by Crippen LogP contribution is -2.12. The Balaban J connectivity index is 1.51. The number of nitrogens with zero attached hydrogens (tertiary/aromatic N) is 2. The molecule has 1 heterocycles. The summed E-state index contributed by atoms with van der Waals surface area (Å²) in [7, 11) is 4.71. The summed E-state index contributed by atoms with van der Waals surface area (Å²) in [4.78, 5) is 21.4. The largest absolute Gasteiger partial charge is 0.497 e. The minimum absolute atomic E-state index is 0.266. The summed E-state index contributed by atoms with van der Waals surface area (Å²) in [5.41, 5.74) is 2.44. The van der Waals surface area contributed by atoms with Crippen LogP contribution in [0, 0.1) is 0 Å². The molecule has 34 heavy (non-hydrogen) atoms. The normalized spacial score (nSPS) is 10.3. The van der Waals surface area contributed by atoms with E-state index in [4.69, 9.17) is 18.9 Å². The highest BCUT2D eigenvalue weighted by molar-refractivity contribution is 6.05. The third-order valence-electron chi connectivity index (χ3n) is 4.99. The molecule has 0 unspecified atom stereocenters. The Morgan fingerprint density at radius 2 is 1.53 bits per heavy atom. The van der Waals surface area contributed by atoms with Crippen LogP contribution in [0.25, 0.3) is 11.3 Å². The second-order valence-corrected chi connectivity index (χ2v) is 7.12. The molecule has 0 saturated heterocycles. The zero-order chi connectivity index (χ0) is 23.9. The minimum Gasteiger partial charge on any atom is -0.497 e. The van der Waals surface area contributed by atoms with E-state index in [2.05, 4.69) is 15.3 Å². The smallest absolute Gasteiger partial charge is 0.255 e. The van der Waals surface area contributed by atoms with E-state index in [9.17, 15) is 4.79 Å². The summed E-state index contributed by atoms with van der Waals surface area (Å²) in [6.45, 7) is 0. The van der Waals surface area contributed by atoms with Gasteiger partial charge in [0.25, 0.3) is 5.91 Å². The van der Waals surface area contributed by atoms with Gasteiger partial charge < -0.3 is 24.3 Å². The Hall–Kier alpha value is -4.59. The van der Waals surface area contributed by atoms with Crippen LogP contribution in [-0.2, 0) is 0 Å². The molecule has 0 saturated carbocycles. The maximum atomic E-state index is 12.9. The highest BCUT2D eigenvalue weighted by Crippen LogP contribution is 2.30. The first kappa shape index (κ1) is 22.6. The molecule has 0 radical (unpaired) electrons. The van der Waals surface area contributed by atoms with Crippen molar-refractivity contribution in [1.29, 1.82) is 0 Å².